The first-order valence-electron chi connectivity index (χ1n) is 10.1. The van der Waals surface area contributed by atoms with Gasteiger partial charge in [-0.05, 0) is 23.0 Å². The number of nitrogens with one attached hydrogen (secondary N) is 2. The van der Waals surface area contributed by atoms with Crippen molar-refractivity contribution in [1.29, 1.82) is 0 Å². The van der Waals surface area contributed by atoms with Gasteiger partial charge in [0.2, 0.25) is 0 Å². The Bertz CT molecular complexity index is 891. The van der Waals surface area contributed by atoms with Crippen LogP contribution in [0, 0.1) is 5.41 Å². The number of thiazole rings is 1. The first kappa shape index (κ1) is 22.2. The first-order chi connectivity index (χ1) is 14.2. The number of urea groups is 1. The van der Waals surface area contributed by atoms with E-state index < -0.39 is 0 Å². The number of hydrogen-bond acceptors (Lipinski definition) is 6. The topological polar surface area (TPSA) is 83.6 Å². The number of ether oxygens (including phenoxy) is 1. The second-order valence-electron chi connectivity index (χ2n) is 8.67. The fraction of sp³-hybridized carbons (Fsp3) is 0.500. The highest BCUT2D eigenvalue weighted by Crippen LogP contribution is 2.24. The van der Waals surface area contributed by atoms with Gasteiger partial charge < -0.3 is 10.1 Å². The van der Waals surface area contributed by atoms with Crippen LogP contribution in [-0.2, 0) is 28.9 Å². The van der Waals surface area contributed by atoms with Crippen LogP contribution in [0.2, 0.25) is 0 Å². The monoisotopic (exact) mass is 430 g/mol. The smallest absolute Gasteiger partial charge is 0.321 e. The molecule has 2 amide bonds. The molecule has 0 aliphatic carbocycles. The van der Waals surface area contributed by atoms with Crippen LogP contribution >= 0.6 is 11.3 Å². The molecular formula is C22H30N4O3S. The molecule has 1 unspecified atom stereocenters. The van der Waals surface area contributed by atoms with Crippen molar-refractivity contribution in [3.8, 4) is 0 Å². The van der Waals surface area contributed by atoms with Crippen LogP contribution in [-0.4, -0.2) is 48.1 Å². The number of hydrogen-bond donors (Lipinski definition) is 2. The van der Waals surface area contributed by atoms with Gasteiger partial charge in [-0.2, -0.15) is 0 Å². The van der Waals surface area contributed by atoms with E-state index in [4.69, 9.17) is 0 Å². The largest absolute Gasteiger partial charge is 0.469 e. The summed E-state index contributed by atoms with van der Waals surface area (Å²) in [6.45, 7) is 9.05. The van der Waals surface area contributed by atoms with Gasteiger partial charge >= 0.3 is 12.0 Å². The van der Waals surface area contributed by atoms with Gasteiger partial charge in [-0.15, -0.1) is 11.3 Å². The normalized spacial score (nSPS) is 15.2. The Balaban J connectivity index is 1.59. The minimum atomic E-state index is -0.354. The first-order valence-corrected chi connectivity index (χ1v) is 11.0. The van der Waals surface area contributed by atoms with E-state index in [1.807, 2.05) is 0 Å². The van der Waals surface area contributed by atoms with E-state index in [0.717, 1.165) is 26.1 Å². The number of carbonyl (C=O) groups is 2. The molecule has 0 saturated heterocycles. The summed E-state index contributed by atoms with van der Waals surface area (Å²) in [6.07, 6.45) is 1.12. The lowest BCUT2D eigenvalue weighted by molar-refractivity contribution is -0.139. The molecule has 1 aromatic heterocycles. The molecule has 1 aromatic carbocycles. The maximum atomic E-state index is 12.6. The summed E-state index contributed by atoms with van der Waals surface area (Å²) < 4.78 is 4.65. The zero-order valence-electron chi connectivity index (χ0n) is 18.0. The molecule has 2 N–H and O–H groups in total. The van der Waals surface area contributed by atoms with Crippen LogP contribution < -0.4 is 10.6 Å². The molecular weight excluding hydrogens is 400 g/mol. The van der Waals surface area contributed by atoms with Crippen molar-refractivity contribution in [2.24, 2.45) is 5.41 Å². The SMILES string of the molecule is COC(=O)Cc1csc(NC(=O)NC(CN2CCc3ccccc3C2)C(C)(C)C)n1. The summed E-state index contributed by atoms with van der Waals surface area (Å²) in [6, 6.07) is 8.23. The number of carbonyl (C=O) groups excluding carboxylic acids is 2. The van der Waals surface area contributed by atoms with E-state index in [2.05, 4.69) is 70.3 Å². The summed E-state index contributed by atoms with van der Waals surface area (Å²) in [5.41, 5.74) is 3.26. The lowest BCUT2D eigenvalue weighted by Crippen LogP contribution is -2.52. The van der Waals surface area contributed by atoms with Gasteiger partial charge in [-0.3, -0.25) is 15.0 Å². The fourth-order valence-corrected chi connectivity index (χ4v) is 4.17. The van der Waals surface area contributed by atoms with E-state index in [1.165, 1.54) is 29.6 Å². The van der Waals surface area contributed by atoms with Gasteiger partial charge in [0.15, 0.2) is 5.13 Å². The Morgan fingerprint density at radius 1 is 1.27 bits per heavy atom. The van der Waals surface area contributed by atoms with Crippen molar-refractivity contribution in [2.75, 3.05) is 25.5 Å². The maximum Gasteiger partial charge on any atom is 0.321 e. The Labute approximate surface area is 181 Å². The number of nitrogens with zero attached hydrogens (tertiary/aromatic N) is 2. The number of methoxy groups -OCH3 is 1. The van der Waals surface area contributed by atoms with E-state index in [-0.39, 0.29) is 29.9 Å². The van der Waals surface area contributed by atoms with Crippen LogP contribution in [0.15, 0.2) is 29.6 Å². The number of fused-ring (bicyclic) bond motifs is 1. The molecule has 1 atom stereocenters. The van der Waals surface area contributed by atoms with Gasteiger partial charge in [0.25, 0.3) is 0 Å². The van der Waals surface area contributed by atoms with E-state index in [0.29, 0.717) is 10.8 Å². The number of rotatable bonds is 6. The van der Waals surface area contributed by atoms with Gasteiger partial charge in [0.1, 0.15) is 0 Å². The van der Waals surface area contributed by atoms with Gasteiger partial charge in [0.05, 0.1) is 19.2 Å². The highest BCUT2D eigenvalue weighted by Gasteiger charge is 2.29. The Kier molecular flexibility index (Phi) is 7.10. The molecule has 3 rings (SSSR count). The molecule has 8 heteroatoms. The molecule has 2 aromatic rings. The third-order valence-corrected chi connectivity index (χ3v) is 6.13. The molecule has 30 heavy (non-hydrogen) atoms. The van der Waals surface area contributed by atoms with Gasteiger partial charge in [-0.25, -0.2) is 9.78 Å². The van der Waals surface area contributed by atoms with Gasteiger partial charge in [-0.1, -0.05) is 45.0 Å². The second kappa shape index (κ2) is 9.57. The van der Waals surface area contributed by atoms with Crippen molar-refractivity contribution in [3.63, 3.8) is 0 Å². The summed E-state index contributed by atoms with van der Waals surface area (Å²) in [5, 5.41) is 8.13. The zero-order valence-corrected chi connectivity index (χ0v) is 18.8. The zero-order chi connectivity index (χ0) is 21.7. The number of anilines is 1. The molecule has 0 saturated carbocycles. The van der Waals surface area contributed by atoms with Crippen LogP contribution in [0.25, 0.3) is 0 Å². The minimum absolute atomic E-state index is 0.0303. The average molecular weight is 431 g/mol. The van der Waals surface area contributed by atoms with Crippen molar-refractivity contribution in [3.05, 3.63) is 46.5 Å². The van der Waals surface area contributed by atoms with E-state index in [1.54, 1.807) is 5.38 Å². The van der Waals surface area contributed by atoms with E-state index >= 15 is 0 Å². The predicted molar refractivity (Wildman–Crippen MR) is 119 cm³/mol. The molecule has 0 fully saturated rings. The molecule has 0 radical (unpaired) electrons. The standard InChI is InChI=1S/C22H30N4O3S/c1-22(2,3)18(13-26-10-9-15-7-5-6-8-16(15)12-26)24-20(28)25-21-23-17(14-30-21)11-19(27)29-4/h5-8,14,18H,9-13H2,1-4H3,(H2,23,24,25,28). The lowest BCUT2D eigenvalue weighted by Gasteiger charge is -2.37. The fourth-order valence-electron chi connectivity index (χ4n) is 3.46. The van der Waals surface area contributed by atoms with Crippen molar-refractivity contribution < 1.29 is 14.3 Å². The molecule has 7 nitrogen and oxygen atoms in total. The summed E-state index contributed by atoms with van der Waals surface area (Å²) >= 11 is 1.29. The van der Waals surface area contributed by atoms with Gasteiger partial charge in [0, 0.05) is 31.1 Å². The van der Waals surface area contributed by atoms with Crippen LogP contribution in [0.1, 0.15) is 37.6 Å². The number of aromatic nitrogens is 1. The Morgan fingerprint density at radius 2 is 2.00 bits per heavy atom. The molecule has 1 aliphatic rings. The average Bonchev–Trinajstić information content (AvgIpc) is 3.13. The van der Waals surface area contributed by atoms with E-state index in [9.17, 15) is 9.59 Å². The quantitative estimate of drug-likeness (QED) is 0.686. The highest BCUT2D eigenvalue weighted by atomic mass is 32.1. The second-order valence-corrected chi connectivity index (χ2v) is 9.53. The Hall–Kier alpha value is -2.45. The summed E-state index contributed by atoms with van der Waals surface area (Å²) in [5.74, 6) is -0.354. The minimum Gasteiger partial charge on any atom is -0.469 e. The maximum absolute atomic E-state index is 12.6. The third-order valence-electron chi connectivity index (χ3n) is 5.33. The lowest BCUT2D eigenvalue weighted by atomic mass is 9.86. The third kappa shape index (κ3) is 6.03. The number of amides is 2. The van der Waals surface area contributed by atoms with Crippen LogP contribution in [0.5, 0.6) is 0 Å². The predicted octanol–water partition coefficient (Wildman–Crippen LogP) is 3.45. The molecule has 0 spiro atoms. The van der Waals surface area contributed by atoms with Crippen LogP contribution in [0.4, 0.5) is 9.93 Å². The number of benzene rings is 1. The Morgan fingerprint density at radius 3 is 2.70 bits per heavy atom. The highest BCUT2D eigenvalue weighted by molar-refractivity contribution is 7.13. The summed E-state index contributed by atoms with van der Waals surface area (Å²) in [7, 11) is 1.34. The number of esters is 1. The van der Waals surface area contributed by atoms with Crippen molar-refractivity contribution in [2.45, 2.75) is 46.2 Å². The van der Waals surface area contributed by atoms with Crippen molar-refractivity contribution in [1.82, 2.24) is 15.2 Å². The molecule has 1 aliphatic heterocycles. The molecule has 0 bridgehead atoms. The molecule has 162 valence electrons. The summed E-state index contributed by atoms with van der Waals surface area (Å²) in [4.78, 5) is 30.7. The van der Waals surface area contributed by atoms with Crippen molar-refractivity contribution >= 4 is 28.5 Å². The van der Waals surface area contributed by atoms with Crippen LogP contribution in [0.3, 0.4) is 0 Å². The molecule has 2 heterocycles.